The van der Waals surface area contributed by atoms with Crippen LogP contribution < -0.4 is 10.6 Å². The summed E-state index contributed by atoms with van der Waals surface area (Å²) in [6, 6.07) is 5.25. The molecular weight excluding hydrogens is 284 g/mol. The van der Waals surface area contributed by atoms with E-state index in [9.17, 15) is 9.59 Å². The van der Waals surface area contributed by atoms with Crippen molar-refractivity contribution in [2.75, 3.05) is 11.9 Å². The van der Waals surface area contributed by atoms with Gasteiger partial charge in [0.25, 0.3) is 0 Å². The first kappa shape index (κ1) is 13.7. The molecule has 0 saturated carbocycles. The lowest BCUT2D eigenvalue weighted by Gasteiger charge is -2.08. The zero-order valence-corrected chi connectivity index (χ0v) is 11.4. The third kappa shape index (κ3) is 4.99. The quantitative estimate of drug-likeness (QED) is 0.898. The maximum atomic E-state index is 11.4. The van der Waals surface area contributed by atoms with Gasteiger partial charge >= 0.3 is 6.03 Å². The summed E-state index contributed by atoms with van der Waals surface area (Å²) in [6.45, 7) is 3.80. The number of carbonyl (C=O) groups is 2. The average Bonchev–Trinajstić information content (AvgIpc) is 2.23. The van der Waals surface area contributed by atoms with Gasteiger partial charge in [0.05, 0.1) is 0 Å². The van der Waals surface area contributed by atoms with Crippen molar-refractivity contribution in [3.05, 3.63) is 28.2 Å². The number of anilines is 1. The van der Waals surface area contributed by atoms with Crippen molar-refractivity contribution in [1.29, 1.82) is 0 Å². The molecule has 2 amide bonds. The van der Waals surface area contributed by atoms with Gasteiger partial charge in [-0.1, -0.05) is 15.9 Å². The second-order valence-electron chi connectivity index (χ2n) is 3.80. The zero-order valence-electron chi connectivity index (χ0n) is 9.84. The normalized spacial score (nSPS) is 9.82. The van der Waals surface area contributed by atoms with E-state index in [-0.39, 0.29) is 11.8 Å². The number of rotatable bonds is 4. The number of aryl methyl sites for hydroxylation is 1. The van der Waals surface area contributed by atoms with Crippen LogP contribution in [0.3, 0.4) is 0 Å². The van der Waals surface area contributed by atoms with Gasteiger partial charge in [-0.25, -0.2) is 4.79 Å². The zero-order chi connectivity index (χ0) is 12.8. The van der Waals surface area contributed by atoms with Gasteiger partial charge in [0.2, 0.25) is 0 Å². The van der Waals surface area contributed by atoms with Crippen LogP contribution in [0.15, 0.2) is 22.7 Å². The molecule has 17 heavy (non-hydrogen) atoms. The number of hydrogen-bond donors (Lipinski definition) is 2. The minimum absolute atomic E-state index is 0.0600. The van der Waals surface area contributed by atoms with Crippen LogP contribution in [-0.2, 0) is 4.79 Å². The minimum Gasteiger partial charge on any atom is -0.337 e. The molecule has 4 nitrogen and oxygen atoms in total. The fraction of sp³-hybridized carbons (Fsp3) is 0.333. The molecule has 2 N–H and O–H groups in total. The van der Waals surface area contributed by atoms with Gasteiger partial charge in [0.1, 0.15) is 5.78 Å². The Morgan fingerprint density at radius 1 is 1.35 bits per heavy atom. The third-order valence-corrected chi connectivity index (χ3v) is 3.07. The average molecular weight is 299 g/mol. The predicted molar refractivity (Wildman–Crippen MR) is 71.2 cm³/mol. The largest absolute Gasteiger partial charge is 0.337 e. The minimum atomic E-state index is -0.298. The second-order valence-corrected chi connectivity index (χ2v) is 4.65. The second kappa shape index (κ2) is 6.39. The number of carbonyl (C=O) groups excluding carboxylic acids is 2. The molecule has 0 saturated heterocycles. The summed E-state index contributed by atoms with van der Waals surface area (Å²) in [5.41, 5.74) is 1.78. The highest BCUT2D eigenvalue weighted by atomic mass is 79.9. The SMILES string of the molecule is CC(=O)CCNC(=O)Nc1ccc(Br)c(C)c1. The van der Waals surface area contributed by atoms with E-state index in [0.717, 1.165) is 15.7 Å². The number of amides is 2. The van der Waals surface area contributed by atoms with Crippen LogP contribution in [-0.4, -0.2) is 18.4 Å². The molecule has 0 aliphatic rings. The van der Waals surface area contributed by atoms with Crippen molar-refractivity contribution >= 4 is 33.4 Å². The number of nitrogens with one attached hydrogen (secondary N) is 2. The molecule has 1 rings (SSSR count). The summed E-state index contributed by atoms with van der Waals surface area (Å²) in [4.78, 5) is 22.1. The monoisotopic (exact) mass is 298 g/mol. The van der Waals surface area contributed by atoms with E-state index in [0.29, 0.717) is 13.0 Å². The van der Waals surface area contributed by atoms with Crippen molar-refractivity contribution in [2.24, 2.45) is 0 Å². The fourth-order valence-electron chi connectivity index (χ4n) is 1.25. The molecule has 0 bridgehead atoms. The molecule has 0 aliphatic heterocycles. The molecular formula is C12H15BrN2O2. The van der Waals surface area contributed by atoms with Crippen LogP contribution in [0.2, 0.25) is 0 Å². The summed E-state index contributed by atoms with van der Waals surface area (Å²) in [5, 5.41) is 5.32. The Kier molecular flexibility index (Phi) is 5.15. The van der Waals surface area contributed by atoms with Crippen molar-refractivity contribution in [3.63, 3.8) is 0 Å². The lowest BCUT2D eigenvalue weighted by atomic mass is 10.2. The highest BCUT2D eigenvalue weighted by Gasteiger charge is 2.03. The molecule has 92 valence electrons. The van der Waals surface area contributed by atoms with Crippen molar-refractivity contribution in [2.45, 2.75) is 20.3 Å². The van der Waals surface area contributed by atoms with Crippen LogP contribution >= 0.6 is 15.9 Å². The molecule has 0 radical (unpaired) electrons. The van der Waals surface area contributed by atoms with Crippen LogP contribution in [0.25, 0.3) is 0 Å². The Morgan fingerprint density at radius 3 is 2.65 bits per heavy atom. The van der Waals surface area contributed by atoms with E-state index in [1.165, 1.54) is 6.92 Å². The maximum absolute atomic E-state index is 11.4. The fourth-order valence-corrected chi connectivity index (χ4v) is 1.50. The number of hydrogen-bond acceptors (Lipinski definition) is 2. The predicted octanol–water partition coefficient (Wildman–Crippen LogP) is 2.86. The first-order chi connectivity index (χ1) is 7.99. The van der Waals surface area contributed by atoms with E-state index in [4.69, 9.17) is 0 Å². The maximum Gasteiger partial charge on any atom is 0.319 e. The van der Waals surface area contributed by atoms with E-state index in [1.807, 2.05) is 25.1 Å². The Hall–Kier alpha value is -1.36. The molecule has 0 spiro atoms. The summed E-state index contributed by atoms with van der Waals surface area (Å²) < 4.78 is 1.00. The van der Waals surface area contributed by atoms with Gasteiger partial charge in [0, 0.05) is 23.1 Å². The number of ketones is 1. The molecule has 0 heterocycles. The molecule has 0 aromatic heterocycles. The van der Waals surface area contributed by atoms with Crippen LogP contribution in [0.1, 0.15) is 18.9 Å². The molecule has 0 atom stereocenters. The summed E-state index contributed by atoms with van der Waals surface area (Å²) in [5.74, 6) is 0.0600. The molecule has 0 fully saturated rings. The first-order valence-corrected chi connectivity index (χ1v) is 6.09. The van der Waals surface area contributed by atoms with E-state index >= 15 is 0 Å². The molecule has 5 heteroatoms. The van der Waals surface area contributed by atoms with Gasteiger partial charge in [-0.05, 0) is 37.6 Å². The van der Waals surface area contributed by atoms with E-state index < -0.39 is 0 Å². The van der Waals surface area contributed by atoms with Gasteiger partial charge in [0.15, 0.2) is 0 Å². The van der Waals surface area contributed by atoms with Crippen molar-refractivity contribution in [3.8, 4) is 0 Å². The number of Topliss-reactive ketones (excluding diaryl/α,β-unsaturated/α-hetero) is 1. The van der Waals surface area contributed by atoms with Gasteiger partial charge in [-0.3, -0.25) is 4.79 Å². The van der Waals surface area contributed by atoms with E-state index in [1.54, 1.807) is 0 Å². The Bertz CT molecular complexity index is 433. The summed E-state index contributed by atoms with van der Waals surface area (Å²) >= 11 is 3.39. The van der Waals surface area contributed by atoms with Gasteiger partial charge < -0.3 is 10.6 Å². The summed E-state index contributed by atoms with van der Waals surface area (Å²) in [7, 11) is 0. The number of urea groups is 1. The lowest BCUT2D eigenvalue weighted by Crippen LogP contribution is -2.30. The van der Waals surface area contributed by atoms with Gasteiger partial charge in [-0.15, -0.1) is 0 Å². The van der Waals surface area contributed by atoms with Gasteiger partial charge in [-0.2, -0.15) is 0 Å². The van der Waals surface area contributed by atoms with Crippen LogP contribution in [0.5, 0.6) is 0 Å². The van der Waals surface area contributed by atoms with E-state index in [2.05, 4.69) is 26.6 Å². The summed E-state index contributed by atoms with van der Waals surface area (Å²) in [6.07, 6.45) is 0.354. The van der Waals surface area contributed by atoms with Crippen molar-refractivity contribution < 1.29 is 9.59 Å². The Balaban J connectivity index is 2.45. The Morgan fingerprint density at radius 2 is 2.06 bits per heavy atom. The highest BCUT2D eigenvalue weighted by molar-refractivity contribution is 9.10. The van der Waals surface area contributed by atoms with Crippen LogP contribution in [0, 0.1) is 6.92 Å². The molecule has 1 aromatic carbocycles. The number of benzene rings is 1. The van der Waals surface area contributed by atoms with Crippen molar-refractivity contribution in [1.82, 2.24) is 5.32 Å². The highest BCUT2D eigenvalue weighted by Crippen LogP contribution is 2.19. The molecule has 0 unspecified atom stereocenters. The lowest BCUT2D eigenvalue weighted by molar-refractivity contribution is -0.116. The third-order valence-electron chi connectivity index (χ3n) is 2.18. The molecule has 0 aliphatic carbocycles. The molecule has 1 aromatic rings. The Labute approximate surface area is 109 Å². The number of halogens is 1. The topological polar surface area (TPSA) is 58.2 Å². The standard InChI is InChI=1S/C12H15BrN2O2/c1-8-7-10(3-4-11(8)13)15-12(17)14-6-5-9(2)16/h3-4,7H,5-6H2,1-2H3,(H2,14,15,17). The first-order valence-electron chi connectivity index (χ1n) is 5.29. The smallest absolute Gasteiger partial charge is 0.319 e. The van der Waals surface area contributed by atoms with Crippen LogP contribution in [0.4, 0.5) is 10.5 Å².